The van der Waals surface area contributed by atoms with Gasteiger partial charge < -0.3 is 19.1 Å². The number of hydrogen-bond donors (Lipinski definition) is 3. The van der Waals surface area contributed by atoms with Gasteiger partial charge in [0.05, 0.1) is 12.7 Å². The molecule has 0 radical (unpaired) electrons. The number of carbonyl (C=O) groups is 1. The number of halogens is 1. The van der Waals surface area contributed by atoms with Crippen LogP contribution in [0.5, 0.6) is 5.75 Å². The number of rotatable bonds is 12. The van der Waals surface area contributed by atoms with Crippen molar-refractivity contribution in [1.29, 1.82) is 0 Å². The van der Waals surface area contributed by atoms with E-state index < -0.39 is 67.8 Å². The number of aromatic amines is 1. The molecule has 12 nitrogen and oxygen atoms in total. The van der Waals surface area contributed by atoms with Crippen LogP contribution in [0, 0.1) is 0 Å². The number of esters is 1. The molecule has 42 heavy (non-hydrogen) atoms. The summed E-state index contributed by atoms with van der Waals surface area (Å²) >= 11 is 0. The minimum Gasteiger partial charge on any atom is -0.462 e. The van der Waals surface area contributed by atoms with Crippen molar-refractivity contribution in [2.45, 2.75) is 63.4 Å². The number of nitrogens with one attached hydrogen (secondary N) is 2. The van der Waals surface area contributed by atoms with Gasteiger partial charge in [0.15, 0.2) is 11.9 Å². The molecular weight excluding hydrogens is 572 g/mol. The number of ether oxygens (including phenoxy) is 2. The zero-order valence-electron chi connectivity index (χ0n) is 23.2. The molecule has 0 aliphatic carbocycles. The fourth-order valence-corrected chi connectivity index (χ4v) is 5.88. The topological polar surface area (TPSA) is 158 Å². The van der Waals surface area contributed by atoms with E-state index in [0.717, 1.165) is 29.3 Å². The first-order chi connectivity index (χ1) is 19.9. The van der Waals surface area contributed by atoms with E-state index in [1.54, 1.807) is 56.3 Å². The van der Waals surface area contributed by atoms with Crippen molar-refractivity contribution in [2.75, 3.05) is 6.61 Å². The number of aromatic nitrogens is 2. The molecule has 0 amide bonds. The van der Waals surface area contributed by atoms with E-state index in [9.17, 15) is 24.1 Å². The summed E-state index contributed by atoms with van der Waals surface area (Å²) in [6.45, 7) is 3.70. The van der Waals surface area contributed by atoms with Crippen LogP contribution in [-0.4, -0.2) is 57.3 Å². The molecule has 2 aromatic carbocycles. The standard InChI is InChI=1S/C28H33FN3O9P/c1-18(2)39-25(35)21(16-19-10-6-4-7-11-19)31-42(37,41-20-12-8-5-9-13-20)38-17-22-24(34)28(3,29)26(40-22)32-15-14-23(33)30-27(32)36/h4-15,18,21-22,24,26,34H,16-17H2,1-3H3,(H,31,37)(H,30,33,36)/t21-,22+,24+,26+,28-,42?/m0/s1. The Morgan fingerprint density at radius 3 is 2.40 bits per heavy atom. The number of nitrogens with zero attached hydrogens (tertiary/aromatic N) is 1. The molecule has 4 rings (SSSR count). The molecule has 1 aliphatic heterocycles. The van der Waals surface area contributed by atoms with Crippen LogP contribution < -0.4 is 20.9 Å². The van der Waals surface area contributed by atoms with Crippen LogP contribution in [0.25, 0.3) is 0 Å². The van der Waals surface area contributed by atoms with E-state index in [4.69, 9.17) is 18.5 Å². The molecule has 1 aliphatic rings. The van der Waals surface area contributed by atoms with Crippen molar-refractivity contribution < 1.29 is 37.4 Å². The lowest BCUT2D eigenvalue weighted by molar-refractivity contribution is -0.149. The Morgan fingerprint density at radius 2 is 1.79 bits per heavy atom. The predicted molar refractivity (Wildman–Crippen MR) is 150 cm³/mol. The van der Waals surface area contributed by atoms with Crippen molar-refractivity contribution >= 4 is 13.7 Å². The van der Waals surface area contributed by atoms with Crippen molar-refractivity contribution in [3.8, 4) is 5.75 Å². The van der Waals surface area contributed by atoms with Gasteiger partial charge in [-0.2, -0.15) is 5.09 Å². The second-order valence-electron chi connectivity index (χ2n) is 10.2. The molecule has 0 spiro atoms. The average molecular weight is 606 g/mol. The van der Waals surface area contributed by atoms with Gasteiger partial charge in [0, 0.05) is 12.3 Å². The SMILES string of the molecule is CC(C)OC(=O)[C@H](Cc1ccccc1)NP(=O)(OC[C@H]1O[C@@H](n2ccc(=O)[nH]c2=O)[C@@](C)(F)[C@@H]1O)Oc1ccccc1. The summed E-state index contributed by atoms with van der Waals surface area (Å²) in [6, 6.07) is 16.8. The van der Waals surface area contributed by atoms with Gasteiger partial charge in [0.1, 0.15) is 24.0 Å². The molecule has 0 bridgehead atoms. The van der Waals surface area contributed by atoms with Crippen molar-refractivity contribution in [1.82, 2.24) is 14.6 Å². The van der Waals surface area contributed by atoms with Crippen LogP contribution in [0.1, 0.15) is 32.6 Å². The molecule has 14 heteroatoms. The van der Waals surface area contributed by atoms with E-state index in [0.29, 0.717) is 0 Å². The highest BCUT2D eigenvalue weighted by Crippen LogP contribution is 2.47. The minimum absolute atomic E-state index is 0.0696. The third kappa shape index (κ3) is 7.61. The fraction of sp³-hybridized carbons (Fsp3) is 0.393. The maximum atomic E-state index is 15.7. The van der Waals surface area contributed by atoms with Gasteiger partial charge in [-0.25, -0.2) is 13.8 Å². The Bertz CT molecular complexity index is 1510. The second kappa shape index (κ2) is 13.1. The van der Waals surface area contributed by atoms with Crippen LogP contribution in [0.2, 0.25) is 0 Å². The number of alkyl halides is 1. The molecule has 1 fully saturated rings. The Labute approximate surface area is 241 Å². The highest BCUT2D eigenvalue weighted by atomic mass is 31.2. The predicted octanol–water partition coefficient (Wildman–Crippen LogP) is 2.88. The lowest BCUT2D eigenvalue weighted by Crippen LogP contribution is -2.44. The number of aliphatic hydroxyl groups excluding tert-OH is 1. The summed E-state index contributed by atoms with van der Waals surface area (Å²) in [5.41, 5.74) is -3.41. The first kappa shape index (κ1) is 31.3. The molecule has 226 valence electrons. The third-order valence-electron chi connectivity index (χ3n) is 6.43. The van der Waals surface area contributed by atoms with Gasteiger partial charge in [-0.3, -0.25) is 23.7 Å². The van der Waals surface area contributed by atoms with Gasteiger partial charge in [0.25, 0.3) is 5.56 Å². The summed E-state index contributed by atoms with van der Waals surface area (Å²) in [6.07, 6.45) is -4.25. The zero-order chi connectivity index (χ0) is 30.5. The maximum Gasteiger partial charge on any atom is 0.459 e. The molecule has 1 saturated heterocycles. The molecule has 6 atom stereocenters. The number of carbonyl (C=O) groups excluding carboxylic acids is 1. The van der Waals surface area contributed by atoms with Crippen LogP contribution in [0.3, 0.4) is 0 Å². The normalized spacial score (nSPS) is 24.2. The van der Waals surface area contributed by atoms with E-state index in [2.05, 4.69) is 5.09 Å². The average Bonchev–Trinajstić information content (AvgIpc) is 3.16. The van der Waals surface area contributed by atoms with E-state index in [1.165, 1.54) is 12.1 Å². The molecule has 2 heterocycles. The molecule has 1 unspecified atom stereocenters. The highest BCUT2D eigenvalue weighted by molar-refractivity contribution is 7.52. The smallest absolute Gasteiger partial charge is 0.459 e. The number of para-hydroxylation sites is 1. The molecule has 0 saturated carbocycles. The number of H-pyrrole nitrogens is 1. The second-order valence-corrected chi connectivity index (χ2v) is 11.9. The van der Waals surface area contributed by atoms with Gasteiger partial charge in [-0.1, -0.05) is 48.5 Å². The monoisotopic (exact) mass is 605 g/mol. The Kier molecular flexibility index (Phi) is 9.80. The summed E-state index contributed by atoms with van der Waals surface area (Å²) in [5, 5.41) is 13.4. The highest BCUT2D eigenvalue weighted by Gasteiger charge is 2.56. The zero-order valence-corrected chi connectivity index (χ0v) is 24.1. The Hall–Kier alpha value is -3.61. The van der Waals surface area contributed by atoms with Crippen LogP contribution >= 0.6 is 7.75 Å². The van der Waals surface area contributed by atoms with Crippen molar-refractivity contribution in [3.63, 3.8) is 0 Å². The Morgan fingerprint density at radius 1 is 1.14 bits per heavy atom. The molecule has 1 aromatic heterocycles. The quantitative estimate of drug-likeness (QED) is 0.207. The number of hydrogen-bond acceptors (Lipinski definition) is 9. The van der Waals surface area contributed by atoms with Crippen molar-refractivity contribution in [3.05, 3.63) is 99.3 Å². The first-order valence-corrected chi connectivity index (χ1v) is 14.8. The fourth-order valence-electron chi connectivity index (χ4n) is 4.38. The summed E-state index contributed by atoms with van der Waals surface area (Å²) in [5.74, 6) is -0.565. The van der Waals surface area contributed by atoms with Gasteiger partial charge in [-0.05, 0) is 44.9 Å². The summed E-state index contributed by atoms with van der Waals surface area (Å²) in [7, 11) is -4.44. The summed E-state index contributed by atoms with van der Waals surface area (Å²) in [4.78, 5) is 38.8. The van der Waals surface area contributed by atoms with Crippen LogP contribution in [0.15, 0.2) is 82.5 Å². The van der Waals surface area contributed by atoms with Gasteiger partial charge >= 0.3 is 19.4 Å². The van der Waals surface area contributed by atoms with Gasteiger partial charge in [0.2, 0.25) is 0 Å². The van der Waals surface area contributed by atoms with E-state index in [1.807, 2.05) is 11.1 Å². The maximum absolute atomic E-state index is 15.7. The largest absolute Gasteiger partial charge is 0.462 e. The molecule has 3 N–H and O–H groups in total. The molecular formula is C28H33FN3O9P. The van der Waals surface area contributed by atoms with Crippen LogP contribution in [0.4, 0.5) is 4.39 Å². The third-order valence-corrected chi connectivity index (χ3v) is 8.00. The van der Waals surface area contributed by atoms with Crippen LogP contribution in [-0.2, 0) is 29.8 Å². The van der Waals surface area contributed by atoms with Crippen molar-refractivity contribution in [2.24, 2.45) is 0 Å². The lowest BCUT2D eigenvalue weighted by atomic mass is 9.98. The first-order valence-electron chi connectivity index (χ1n) is 13.2. The van der Waals surface area contributed by atoms with E-state index >= 15 is 4.39 Å². The van der Waals surface area contributed by atoms with Gasteiger partial charge in [-0.15, -0.1) is 0 Å². The minimum atomic E-state index is -4.44. The summed E-state index contributed by atoms with van der Waals surface area (Å²) < 4.78 is 53.0. The van der Waals surface area contributed by atoms with E-state index in [-0.39, 0.29) is 12.2 Å². The number of benzene rings is 2. The lowest BCUT2D eigenvalue weighted by Gasteiger charge is -2.27. The Balaban J connectivity index is 1.59. The molecule has 3 aromatic rings. The number of aliphatic hydroxyl groups is 1.